The molecule has 1 N–H and O–H groups in total. The molecule has 0 atom stereocenters. The molecule has 1 aliphatic heterocycles. The zero-order valence-electron chi connectivity index (χ0n) is 14.5. The summed E-state index contributed by atoms with van der Waals surface area (Å²) in [6.45, 7) is 0.423. The van der Waals surface area contributed by atoms with E-state index < -0.39 is 10.0 Å². The minimum absolute atomic E-state index is 0.111. The van der Waals surface area contributed by atoms with Crippen LogP contribution in [0.4, 0.5) is 11.4 Å². The topological polar surface area (TPSA) is 85.6 Å². The van der Waals surface area contributed by atoms with E-state index >= 15 is 0 Å². The lowest BCUT2D eigenvalue weighted by Gasteiger charge is -2.30. The van der Waals surface area contributed by atoms with E-state index in [9.17, 15) is 8.42 Å². The fourth-order valence-electron chi connectivity index (χ4n) is 2.90. The number of halogens is 1. The van der Waals surface area contributed by atoms with Crippen molar-refractivity contribution in [1.29, 1.82) is 5.26 Å². The van der Waals surface area contributed by atoms with E-state index in [4.69, 9.17) is 16.9 Å². The van der Waals surface area contributed by atoms with Crippen molar-refractivity contribution in [3.8, 4) is 6.19 Å². The van der Waals surface area contributed by atoms with E-state index in [1.54, 1.807) is 12.4 Å². The molecule has 27 heavy (non-hydrogen) atoms. The number of aryl methyl sites for hydroxylation is 1. The minimum Gasteiger partial charge on any atom is -0.271 e. The Morgan fingerprint density at radius 3 is 2.85 bits per heavy atom. The Balaban J connectivity index is 2.04. The highest BCUT2D eigenvalue weighted by Gasteiger charge is 2.29. The van der Waals surface area contributed by atoms with Crippen LogP contribution in [-0.4, -0.2) is 26.4 Å². The number of anilines is 1. The van der Waals surface area contributed by atoms with Crippen molar-refractivity contribution in [2.24, 2.45) is 4.99 Å². The Morgan fingerprint density at radius 2 is 2.11 bits per heavy atom. The first-order valence-corrected chi connectivity index (χ1v) is 11.2. The second-order valence-electron chi connectivity index (χ2n) is 5.78. The summed E-state index contributed by atoms with van der Waals surface area (Å²) >= 11 is 7.41. The van der Waals surface area contributed by atoms with Crippen LogP contribution >= 0.6 is 23.4 Å². The smallest absolute Gasteiger partial charge is 0.264 e. The molecular weight excluding hydrogens is 404 g/mol. The number of nitriles is 1. The first-order chi connectivity index (χ1) is 13.0. The molecule has 0 bridgehead atoms. The summed E-state index contributed by atoms with van der Waals surface area (Å²) in [4.78, 5) is 4.37. The second kappa shape index (κ2) is 8.21. The van der Waals surface area contributed by atoms with E-state index in [0.29, 0.717) is 22.4 Å². The van der Waals surface area contributed by atoms with Crippen molar-refractivity contribution >= 4 is 49.9 Å². The third kappa shape index (κ3) is 4.05. The van der Waals surface area contributed by atoms with Gasteiger partial charge in [-0.25, -0.2) is 13.4 Å². The third-order valence-electron chi connectivity index (χ3n) is 4.15. The van der Waals surface area contributed by atoms with Gasteiger partial charge in [0.2, 0.25) is 0 Å². The molecule has 6 nitrogen and oxygen atoms in total. The highest BCUT2D eigenvalue weighted by Crippen LogP contribution is 2.34. The fraction of sp³-hybridized carbons (Fsp3) is 0.222. The fourth-order valence-corrected chi connectivity index (χ4v) is 4.96. The number of rotatable bonds is 3. The Hall–Kier alpha value is -2.21. The molecule has 0 spiro atoms. The molecule has 0 saturated heterocycles. The zero-order chi connectivity index (χ0) is 19.4. The largest absolute Gasteiger partial charge is 0.271 e. The van der Waals surface area contributed by atoms with Gasteiger partial charge in [-0.15, -0.1) is 0 Å². The number of hydrogen-bond donors (Lipinski definition) is 1. The number of fused-ring (bicyclic) bond motifs is 1. The summed E-state index contributed by atoms with van der Waals surface area (Å²) in [6, 6.07) is 11.9. The lowest BCUT2D eigenvalue weighted by Crippen LogP contribution is -2.35. The van der Waals surface area contributed by atoms with E-state index in [1.165, 1.54) is 34.3 Å². The van der Waals surface area contributed by atoms with Gasteiger partial charge in [-0.3, -0.25) is 9.62 Å². The maximum Gasteiger partial charge on any atom is 0.264 e. The molecule has 0 saturated carbocycles. The number of para-hydroxylation sites is 1. The summed E-state index contributed by atoms with van der Waals surface area (Å²) in [7, 11) is -3.76. The molecule has 1 aliphatic rings. The number of aliphatic imine (C=N–C) groups is 1. The number of benzene rings is 2. The second-order valence-corrected chi connectivity index (χ2v) is 8.84. The van der Waals surface area contributed by atoms with E-state index in [2.05, 4.69) is 10.3 Å². The summed E-state index contributed by atoms with van der Waals surface area (Å²) < 4.78 is 27.9. The van der Waals surface area contributed by atoms with Crippen molar-refractivity contribution < 1.29 is 8.42 Å². The summed E-state index contributed by atoms with van der Waals surface area (Å²) in [5.74, 6) is 0. The molecule has 0 amide bonds. The predicted molar refractivity (Wildman–Crippen MR) is 110 cm³/mol. The monoisotopic (exact) mass is 420 g/mol. The van der Waals surface area contributed by atoms with Crippen LogP contribution in [-0.2, 0) is 16.4 Å². The van der Waals surface area contributed by atoms with Crippen molar-refractivity contribution in [2.75, 3.05) is 17.1 Å². The lowest BCUT2D eigenvalue weighted by molar-refractivity contribution is 0.586. The first-order valence-electron chi connectivity index (χ1n) is 8.15. The maximum atomic E-state index is 13.3. The van der Waals surface area contributed by atoms with Crippen LogP contribution in [0.1, 0.15) is 12.0 Å². The van der Waals surface area contributed by atoms with Crippen LogP contribution in [0.3, 0.4) is 0 Å². The molecule has 9 heteroatoms. The van der Waals surface area contributed by atoms with Crippen LogP contribution in [0.2, 0.25) is 5.02 Å². The summed E-state index contributed by atoms with van der Waals surface area (Å²) in [5, 5.41) is 11.8. The molecule has 0 aliphatic carbocycles. The molecule has 0 aromatic heterocycles. The van der Waals surface area contributed by atoms with Crippen molar-refractivity contribution in [3.05, 3.63) is 53.1 Å². The number of nitrogens with zero attached hydrogens (tertiary/aromatic N) is 3. The van der Waals surface area contributed by atoms with Crippen molar-refractivity contribution in [3.63, 3.8) is 0 Å². The Labute approximate surface area is 167 Å². The predicted octanol–water partition coefficient (Wildman–Crippen LogP) is 3.90. The molecule has 0 fully saturated rings. The maximum absolute atomic E-state index is 13.3. The number of sulfonamides is 1. The molecule has 1 heterocycles. The van der Waals surface area contributed by atoms with E-state index in [-0.39, 0.29) is 10.6 Å². The average Bonchev–Trinajstić information content (AvgIpc) is 2.68. The van der Waals surface area contributed by atoms with Gasteiger partial charge in [0, 0.05) is 6.54 Å². The van der Waals surface area contributed by atoms with Crippen molar-refractivity contribution in [1.82, 2.24) is 5.32 Å². The van der Waals surface area contributed by atoms with Crippen molar-refractivity contribution in [2.45, 2.75) is 17.7 Å². The Bertz CT molecular complexity index is 1030. The molecular formula is C18H17ClN4O2S2. The normalized spacial score (nSPS) is 14.4. The lowest BCUT2D eigenvalue weighted by atomic mass is 10.0. The third-order valence-corrected chi connectivity index (χ3v) is 6.86. The molecule has 140 valence electrons. The van der Waals surface area contributed by atoms with Gasteiger partial charge in [0.15, 0.2) is 11.4 Å². The van der Waals surface area contributed by atoms with E-state index in [0.717, 1.165) is 18.4 Å². The quantitative estimate of drug-likeness (QED) is 0.352. The van der Waals surface area contributed by atoms with Crippen LogP contribution in [0.5, 0.6) is 0 Å². The van der Waals surface area contributed by atoms with Gasteiger partial charge in [-0.1, -0.05) is 41.6 Å². The number of thioether (sulfide) groups is 1. The minimum atomic E-state index is -3.76. The van der Waals surface area contributed by atoms with Gasteiger partial charge in [-0.2, -0.15) is 5.26 Å². The van der Waals surface area contributed by atoms with Gasteiger partial charge in [0.25, 0.3) is 10.0 Å². The standard InChI is InChI=1S/C18H17ClN4O2S2/c1-26-18(21-12-20)22-16-11-14(8-9-15(16)19)27(24,25)23-10-4-6-13-5-2-3-7-17(13)23/h2-3,5,7-9,11H,4,6,10H2,1H3,(H,21,22). The molecule has 0 unspecified atom stereocenters. The van der Waals surface area contributed by atoms with E-state index in [1.807, 2.05) is 24.3 Å². The average molecular weight is 421 g/mol. The van der Waals surface area contributed by atoms with Gasteiger partial charge in [-0.05, 0) is 48.9 Å². The highest BCUT2D eigenvalue weighted by molar-refractivity contribution is 8.13. The number of nitrogens with one attached hydrogen (secondary N) is 1. The van der Waals surface area contributed by atoms with Crippen LogP contribution in [0.25, 0.3) is 0 Å². The number of amidine groups is 1. The zero-order valence-corrected chi connectivity index (χ0v) is 16.9. The SMILES string of the molecule is CSC(=Nc1cc(S(=O)(=O)N2CCCc3ccccc32)ccc1Cl)NC#N. The van der Waals surface area contributed by atoms with Crippen LogP contribution in [0.15, 0.2) is 52.4 Å². The summed E-state index contributed by atoms with van der Waals surface area (Å²) in [5.41, 5.74) is 2.01. The molecule has 0 radical (unpaired) electrons. The van der Waals surface area contributed by atoms with Gasteiger partial charge >= 0.3 is 0 Å². The van der Waals surface area contributed by atoms with Crippen LogP contribution in [0, 0.1) is 11.5 Å². The Kier molecular flexibility index (Phi) is 5.95. The number of hydrogen-bond acceptors (Lipinski definition) is 5. The first kappa shape index (κ1) is 19.5. The summed E-state index contributed by atoms with van der Waals surface area (Å²) in [6.07, 6.45) is 5.16. The van der Waals surface area contributed by atoms with Gasteiger partial charge < -0.3 is 0 Å². The highest BCUT2D eigenvalue weighted by atomic mass is 35.5. The van der Waals surface area contributed by atoms with Gasteiger partial charge in [0.1, 0.15) is 0 Å². The molecule has 3 rings (SSSR count). The van der Waals surface area contributed by atoms with Gasteiger partial charge in [0.05, 0.1) is 21.3 Å². The molecule has 2 aromatic carbocycles. The van der Waals surface area contributed by atoms with Crippen LogP contribution < -0.4 is 9.62 Å². The molecule has 2 aromatic rings. The Morgan fingerprint density at radius 1 is 1.33 bits per heavy atom.